The van der Waals surface area contributed by atoms with Crippen molar-refractivity contribution in [3.8, 4) is 11.1 Å². The summed E-state index contributed by atoms with van der Waals surface area (Å²) in [5.41, 5.74) is 4.03. The third-order valence-electron chi connectivity index (χ3n) is 4.26. The second-order valence-electron chi connectivity index (χ2n) is 6.49. The van der Waals surface area contributed by atoms with Gasteiger partial charge < -0.3 is 0 Å². The Balaban J connectivity index is 1.79. The van der Waals surface area contributed by atoms with E-state index in [1.54, 1.807) is 0 Å². The summed E-state index contributed by atoms with van der Waals surface area (Å²) in [6, 6.07) is 31.8. The monoisotopic (exact) mass is 302 g/mol. The predicted octanol–water partition coefficient (Wildman–Crippen LogP) is 5.05. The van der Waals surface area contributed by atoms with Crippen LogP contribution in [0.25, 0.3) is 11.1 Å². The van der Waals surface area contributed by atoms with E-state index >= 15 is 0 Å². The Morgan fingerprint density at radius 3 is 1.68 bits per heavy atom. The van der Waals surface area contributed by atoms with Gasteiger partial charge in [0.1, 0.15) is 0 Å². The molecule has 0 amide bonds. The van der Waals surface area contributed by atoms with E-state index in [0.717, 1.165) is 0 Å². The molecule has 0 aromatic heterocycles. The fourth-order valence-electron chi connectivity index (χ4n) is 2.95. The van der Waals surface area contributed by atoms with Crippen LogP contribution in [0.5, 0.6) is 0 Å². The van der Waals surface area contributed by atoms with Crippen LogP contribution in [0.3, 0.4) is 0 Å². The first kappa shape index (κ1) is 14.8. The maximum absolute atomic E-state index is 2.45. The van der Waals surface area contributed by atoms with Crippen LogP contribution in [0.15, 0.2) is 84.9 Å². The first-order chi connectivity index (χ1) is 10.6. The quantitative estimate of drug-likeness (QED) is 0.592. The van der Waals surface area contributed by atoms with Crippen LogP contribution in [0.2, 0.25) is 13.1 Å². The predicted molar refractivity (Wildman–Crippen MR) is 99.1 cm³/mol. The van der Waals surface area contributed by atoms with Gasteiger partial charge in [0.15, 0.2) is 0 Å². The molecule has 3 rings (SSSR count). The number of hydrogen-bond donors (Lipinski definition) is 0. The van der Waals surface area contributed by atoms with Crippen molar-refractivity contribution in [2.45, 2.75) is 19.1 Å². The van der Waals surface area contributed by atoms with E-state index in [4.69, 9.17) is 0 Å². The molecule has 0 bridgehead atoms. The summed E-state index contributed by atoms with van der Waals surface area (Å²) in [4.78, 5) is 0. The van der Waals surface area contributed by atoms with Gasteiger partial charge in [0.05, 0.1) is 8.07 Å². The van der Waals surface area contributed by atoms with Crippen LogP contribution in [-0.2, 0) is 6.04 Å². The number of rotatable bonds is 4. The minimum atomic E-state index is -1.42. The summed E-state index contributed by atoms with van der Waals surface area (Å²) in [5.74, 6) is 0. The van der Waals surface area contributed by atoms with Gasteiger partial charge in [-0.3, -0.25) is 0 Å². The Hall–Kier alpha value is -2.12. The lowest BCUT2D eigenvalue weighted by molar-refractivity contribution is 1.32. The topological polar surface area (TPSA) is 0 Å². The molecule has 3 aromatic carbocycles. The van der Waals surface area contributed by atoms with Gasteiger partial charge in [-0.15, -0.1) is 0 Å². The maximum Gasteiger partial charge on any atom is 0.0849 e. The molecule has 3 aromatic rings. The molecule has 0 atom stereocenters. The summed E-state index contributed by atoms with van der Waals surface area (Å²) in [7, 11) is -1.42. The molecule has 0 N–H and O–H groups in total. The summed E-state index contributed by atoms with van der Waals surface area (Å²) < 4.78 is 0. The molecule has 1 heteroatoms. The second kappa shape index (κ2) is 6.33. The molecule has 0 aliphatic rings. The first-order valence-corrected chi connectivity index (χ1v) is 11.1. The molecule has 0 unspecified atom stereocenters. The van der Waals surface area contributed by atoms with Crippen molar-refractivity contribution in [2.24, 2.45) is 0 Å². The molecule has 110 valence electrons. The van der Waals surface area contributed by atoms with Crippen molar-refractivity contribution >= 4 is 13.3 Å². The average molecular weight is 302 g/mol. The summed E-state index contributed by atoms with van der Waals surface area (Å²) in [5, 5.41) is 1.53. The SMILES string of the molecule is C[Si](C)(Cc1ccc(-c2ccccc2)cc1)c1ccccc1. The van der Waals surface area contributed by atoms with Gasteiger partial charge in [0.2, 0.25) is 0 Å². The molecule has 0 saturated heterocycles. The standard InChI is InChI=1S/C21H22Si/c1-22(2,21-11-7-4-8-12-21)17-18-13-15-20(16-14-18)19-9-5-3-6-10-19/h3-16H,17H2,1-2H3. The van der Waals surface area contributed by atoms with Crippen LogP contribution >= 0.6 is 0 Å². The zero-order chi connectivity index (χ0) is 15.4. The summed E-state index contributed by atoms with van der Waals surface area (Å²) in [6.45, 7) is 4.90. The van der Waals surface area contributed by atoms with Crippen molar-refractivity contribution in [3.05, 3.63) is 90.5 Å². The van der Waals surface area contributed by atoms with Gasteiger partial charge >= 0.3 is 0 Å². The van der Waals surface area contributed by atoms with Gasteiger partial charge in [0.25, 0.3) is 0 Å². The van der Waals surface area contributed by atoms with E-state index in [9.17, 15) is 0 Å². The van der Waals surface area contributed by atoms with Crippen molar-refractivity contribution in [2.75, 3.05) is 0 Å². The first-order valence-electron chi connectivity index (χ1n) is 7.85. The molecule has 0 radical (unpaired) electrons. The van der Waals surface area contributed by atoms with Crippen LogP contribution in [0.1, 0.15) is 5.56 Å². The maximum atomic E-state index is 2.45. The molecule has 22 heavy (non-hydrogen) atoms. The van der Waals surface area contributed by atoms with E-state index in [1.807, 2.05) is 0 Å². The Kier molecular flexibility index (Phi) is 4.26. The molecule has 0 aliphatic carbocycles. The highest BCUT2D eigenvalue weighted by atomic mass is 28.3. The lowest BCUT2D eigenvalue weighted by Gasteiger charge is -2.23. The number of benzene rings is 3. The molecule has 0 fully saturated rings. The third kappa shape index (κ3) is 3.37. The third-order valence-corrected chi connectivity index (χ3v) is 7.45. The zero-order valence-corrected chi connectivity index (χ0v) is 14.3. The smallest absolute Gasteiger partial charge is 0.0652 e. The minimum Gasteiger partial charge on any atom is -0.0652 e. The van der Waals surface area contributed by atoms with Gasteiger partial charge in [-0.1, -0.05) is 109 Å². The second-order valence-corrected chi connectivity index (χ2v) is 11.2. The summed E-state index contributed by atoms with van der Waals surface area (Å²) in [6.07, 6.45) is 0. The Morgan fingerprint density at radius 1 is 0.591 bits per heavy atom. The van der Waals surface area contributed by atoms with Crippen molar-refractivity contribution in [1.29, 1.82) is 0 Å². The fourth-order valence-corrected chi connectivity index (χ4v) is 5.50. The lowest BCUT2D eigenvalue weighted by Crippen LogP contribution is -2.43. The van der Waals surface area contributed by atoms with Crippen LogP contribution in [-0.4, -0.2) is 8.07 Å². The Bertz CT molecular complexity index is 713. The van der Waals surface area contributed by atoms with E-state index in [2.05, 4.69) is 98.0 Å². The van der Waals surface area contributed by atoms with Crippen LogP contribution in [0, 0.1) is 0 Å². The van der Waals surface area contributed by atoms with Crippen LogP contribution in [0.4, 0.5) is 0 Å². The molecule has 0 nitrogen and oxygen atoms in total. The van der Waals surface area contributed by atoms with Crippen LogP contribution < -0.4 is 5.19 Å². The minimum absolute atomic E-state index is 1.19. The zero-order valence-electron chi connectivity index (χ0n) is 13.3. The van der Waals surface area contributed by atoms with E-state index in [0.29, 0.717) is 0 Å². The van der Waals surface area contributed by atoms with Gasteiger partial charge in [0, 0.05) is 0 Å². The van der Waals surface area contributed by atoms with Crippen molar-refractivity contribution < 1.29 is 0 Å². The molecule has 0 aliphatic heterocycles. The van der Waals surface area contributed by atoms with Crippen molar-refractivity contribution in [1.82, 2.24) is 0 Å². The Labute approximate surface area is 134 Å². The molecule has 0 heterocycles. The normalized spacial score (nSPS) is 11.4. The average Bonchev–Trinajstić information content (AvgIpc) is 2.57. The van der Waals surface area contributed by atoms with Crippen molar-refractivity contribution in [3.63, 3.8) is 0 Å². The van der Waals surface area contributed by atoms with E-state index < -0.39 is 8.07 Å². The molecular weight excluding hydrogens is 280 g/mol. The molecular formula is C21H22Si. The molecule has 0 spiro atoms. The molecule has 0 saturated carbocycles. The Morgan fingerprint density at radius 2 is 1.09 bits per heavy atom. The fraction of sp³-hybridized carbons (Fsp3) is 0.143. The number of hydrogen-bond acceptors (Lipinski definition) is 0. The largest absolute Gasteiger partial charge is 0.0849 e. The van der Waals surface area contributed by atoms with E-state index in [1.165, 1.54) is 27.9 Å². The highest BCUT2D eigenvalue weighted by Gasteiger charge is 2.23. The lowest BCUT2D eigenvalue weighted by atomic mass is 10.0. The van der Waals surface area contributed by atoms with Gasteiger partial charge in [-0.2, -0.15) is 0 Å². The highest BCUT2D eigenvalue weighted by Crippen LogP contribution is 2.21. The summed E-state index contributed by atoms with van der Waals surface area (Å²) >= 11 is 0. The van der Waals surface area contributed by atoms with E-state index in [-0.39, 0.29) is 0 Å². The van der Waals surface area contributed by atoms with Gasteiger partial charge in [-0.25, -0.2) is 0 Å². The van der Waals surface area contributed by atoms with Gasteiger partial charge in [-0.05, 0) is 17.2 Å². The highest BCUT2D eigenvalue weighted by molar-refractivity contribution is 6.89.